The Bertz CT molecular complexity index is 1520. The molecule has 0 spiro atoms. The van der Waals surface area contributed by atoms with Gasteiger partial charge in [-0.25, -0.2) is 0 Å². The van der Waals surface area contributed by atoms with Crippen LogP contribution in [0.2, 0.25) is 0 Å². The molecular weight excluding hydrogens is 921 g/mol. The second-order valence-corrected chi connectivity index (χ2v) is 37.8. The maximum atomic E-state index is 3.61. The van der Waals surface area contributed by atoms with Crippen molar-refractivity contribution in [1.82, 2.24) is 21.3 Å². The molecule has 7 rings (SSSR count). The van der Waals surface area contributed by atoms with Crippen molar-refractivity contribution >= 4 is 0 Å². The number of hydrogen-bond donors (Lipinski definition) is 4. The van der Waals surface area contributed by atoms with E-state index in [0.29, 0.717) is 57.2 Å². The Hall–Kier alpha value is -0.600. The molecule has 0 unspecified atom stereocenters. The summed E-state index contributed by atoms with van der Waals surface area (Å²) < 4.78 is 0. The van der Waals surface area contributed by atoms with Crippen LogP contribution >= 0.6 is 0 Å². The lowest BCUT2D eigenvalue weighted by Crippen LogP contribution is -2.54. The molecule has 2 saturated heterocycles. The molecule has 7 fully saturated rings. The lowest BCUT2D eigenvalue weighted by atomic mass is 9.62. The molecule has 76 heavy (non-hydrogen) atoms. The summed E-state index contributed by atoms with van der Waals surface area (Å²) in [4.78, 5) is 0. The van der Waals surface area contributed by atoms with Gasteiger partial charge in [-0.1, -0.05) is 178 Å². The van der Waals surface area contributed by atoms with Crippen LogP contribution in [0.4, 0.5) is 0 Å². The fourth-order valence-corrected chi connectivity index (χ4v) is 14.4. The van der Waals surface area contributed by atoms with Crippen molar-refractivity contribution in [3.8, 4) is 11.8 Å². The van der Waals surface area contributed by atoms with Crippen molar-refractivity contribution in [2.24, 2.45) is 113 Å². The zero-order valence-corrected chi connectivity index (χ0v) is 57.4. The smallest absolute Gasteiger partial charge is 0.0891 e. The fraction of sp³-hybridized carbons (Fsp3) is 0.972. The summed E-state index contributed by atoms with van der Waals surface area (Å²) in [5.74, 6) is 16.5. The lowest BCUT2D eigenvalue weighted by molar-refractivity contribution is 0.0797. The van der Waals surface area contributed by atoms with Gasteiger partial charge in [0.2, 0.25) is 0 Å². The minimum absolute atomic E-state index is 0.146. The summed E-state index contributed by atoms with van der Waals surface area (Å²) >= 11 is 0. The van der Waals surface area contributed by atoms with Gasteiger partial charge < -0.3 is 0 Å². The van der Waals surface area contributed by atoms with Gasteiger partial charge in [0.25, 0.3) is 0 Å². The third-order valence-electron chi connectivity index (χ3n) is 20.6. The first kappa shape index (κ1) is 69.7. The van der Waals surface area contributed by atoms with E-state index in [1.807, 2.05) is 0 Å². The molecule has 2 heterocycles. The van der Waals surface area contributed by atoms with Crippen LogP contribution in [0.5, 0.6) is 0 Å². The molecule has 4 N–H and O–H groups in total. The average molecular weight is 1060 g/mol. The summed E-state index contributed by atoms with van der Waals surface area (Å²) in [6.45, 7) is 69.9. The molecule has 0 radical (unpaired) electrons. The second-order valence-electron chi connectivity index (χ2n) is 37.8. The monoisotopic (exact) mass is 1060 g/mol. The molecule has 5 saturated carbocycles. The Morgan fingerprint density at radius 1 is 0.224 bits per heavy atom. The van der Waals surface area contributed by atoms with Gasteiger partial charge >= 0.3 is 0 Å². The Labute approximate surface area is 479 Å². The molecule has 4 heteroatoms. The average Bonchev–Trinajstić information content (AvgIpc) is 4.03. The highest BCUT2D eigenvalue weighted by molar-refractivity contribution is 5.12. The molecule has 2 aliphatic heterocycles. The van der Waals surface area contributed by atoms with Gasteiger partial charge in [0.05, 0.1) is 24.7 Å². The normalized spacial score (nSPS) is 33.8. The summed E-state index contributed by atoms with van der Waals surface area (Å²) in [6.07, 6.45) is 25.3. The third-order valence-corrected chi connectivity index (χ3v) is 20.6. The topological polar surface area (TPSA) is 48.1 Å². The van der Waals surface area contributed by atoms with Gasteiger partial charge in [-0.15, -0.1) is 0 Å². The van der Waals surface area contributed by atoms with Gasteiger partial charge in [0, 0.05) is 10.8 Å². The quantitative estimate of drug-likeness (QED) is 0.198. The highest BCUT2D eigenvalue weighted by atomic mass is 15.5. The molecule has 0 aromatic carbocycles. The zero-order chi connectivity index (χ0) is 58.6. The van der Waals surface area contributed by atoms with Crippen molar-refractivity contribution in [3.63, 3.8) is 0 Å². The standard InChI is InChI=1S/C20H38.C16H30.C14H28.C12H26N4.C10H18/c1-19(2,3)17-11-7-15(8-12-17)16-9-13-18(14-10-16)20(4,5)6;1-15(2,3)13-7-11-9-14(16(4,5)6)10-12(11)8-13;1-13(2,3)11-7-9-12(10-8-11)14(4,5)6;1-11(2,3)9-13-7-8(14-9)16-10(15-7)12(4,5)6;1-9(2,3)7-8-10(4,5)6/h15-18H,7-14H2,1-6H3;11-14H,7-10H2,1-6H3;11-12H,7-10H2,1-6H3;7-10,13-16H,1-6H3;1-6H3. The van der Waals surface area contributed by atoms with E-state index in [-0.39, 0.29) is 21.7 Å². The number of nitrogens with one attached hydrogen (secondary N) is 4. The van der Waals surface area contributed by atoms with E-state index in [1.165, 1.54) is 103 Å². The number of fused-ring (bicyclic) bond motifs is 2. The Morgan fingerprint density at radius 2 is 0.408 bits per heavy atom. The zero-order valence-electron chi connectivity index (χ0n) is 57.4. The van der Waals surface area contributed by atoms with Gasteiger partial charge in [0.1, 0.15) is 0 Å². The highest BCUT2D eigenvalue weighted by Gasteiger charge is 2.48. The summed E-state index contributed by atoms with van der Waals surface area (Å²) in [5, 5.41) is 14.4. The van der Waals surface area contributed by atoms with Gasteiger partial charge in [-0.05, 0) is 247 Å². The molecule has 0 atom stereocenters. The molecule has 448 valence electrons. The van der Waals surface area contributed by atoms with E-state index >= 15 is 0 Å². The van der Waals surface area contributed by atoms with Crippen LogP contribution in [-0.2, 0) is 0 Å². The van der Waals surface area contributed by atoms with Gasteiger partial charge in [0.15, 0.2) is 0 Å². The predicted molar refractivity (Wildman–Crippen MR) is 339 cm³/mol. The largest absolute Gasteiger partial charge is 0.284 e. The fourth-order valence-electron chi connectivity index (χ4n) is 14.4. The minimum atomic E-state index is 0.146. The molecule has 4 nitrogen and oxygen atoms in total. The molecule has 0 aromatic rings. The lowest BCUT2D eigenvalue weighted by Gasteiger charge is -2.43. The Morgan fingerprint density at radius 3 is 0.566 bits per heavy atom. The maximum Gasteiger partial charge on any atom is 0.0891 e. The van der Waals surface area contributed by atoms with Gasteiger partial charge in [-0.3, -0.25) is 21.3 Å². The van der Waals surface area contributed by atoms with Crippen LogP contribution < -0.4 is 21.3 Å². The molecule has 0 aromatic heterocycles. The number of rotatable bonds is 1. The number of hydrogen-bond acceptors (Lipinski definition) is 4. The summed E-state index contributed by atoms with van der Waals surface area (Å²) in [5.41, 5.74) is 4.00. The van der Waals surface area contributed by atoms with Crippen LogP contribution in [0.25, 0.3) is 0 Å². The Kier molecular flexibility index (Phi) is 24.1. The van der Waals surface area contributed by atoms with Crippen molar-refractivity contribution in [2.75, 3.05) is 0 Å². The summed E-state index contributed by atoms with van der Waals surface area (Å²) in [6, 6.07) is 0. The maximum absolute atomic E-state index is 3.61. The van der Waals surface area contributed by atoms with E-state index < -0.39 is 0 Å². The molecule has 0 bridgehead atoms. The molecule has 7 aliphatic rings. The SMILES string of the molecule is CC(C)(C)C#CC(C)(C)C.CC(C)(C)C1CC2CC(C(C)(C)C)CC2C1.CC(C)(C)C1CCC(C(C)(C)C)CC1.CC(C)(C)C1CCC(C2CCC(C(C)(C)C)CC2)CC1.CC(C)(C)C1NC2NC(C(C)(C)C)NC2N1. The first-order valence-electron chi connectivity index (χ1n) is 32.5. The van der Waals surface area contributed by atoms with Crippen molar-refractivity contribution < 1.29 is 0 Å². The highest BCUT2D eigenvalue weighted by Crippen LogP contribution is 2.57. The Balaban J connectivity index is 0.000000254. The molecule has 5 aliphatic carbocycles. The van der Waals surface area contributed by atoms with Crippen LogP contribution in [0.1, 0.15) is 310 Å². The van der Waals surface area contributed by atoms with Gasteiger partial charge in [-0.2, -0.15) is 0 Å². The second kappa shape index (κ2) is 26.3. The summed E-state index contributed by atoms with van der Waals surface area (Å²) in [7, 11) is 0. The minimum Gasteiger partial charge on any atom is -0.284 e. The van der Waals surface area contributed by atoms with Crippen molar-refractivity contribution in [3.05, 3.63) is 0 Å². The molecule has 0 amide bonds. The predicted octanol–water partition coefficient (Wildman–Crippen LogP) is 20.6. The first-order valence-corrected chi connectivity index (χ1v) is 32.5. The van der Waals surface area contributed by atoms with Crippen LogP contribution in [0.3, 0.4) is 0 Å². The molecular formula is C72H140N4. The van der Waals surface area contributed by atoms with Crippen LogP contribution in [-0.4, -0.2) is 24.7 Å². The van der Waals surface area contributed by atoms with Crippen molar-refractivity contribution in [2.45, 2.75) is 335 Å². The van der Waals surface area contributed by atoms with E-state index in [0.717, 1.165) is 59.2 Å². The van der Waals surface area contributed by atoms with Crippen LogP contribution in [0.15, 0.2) is 0 Å². The van der Waals surface area contributed by atoms with E-state index in [1.54, 1.807) is 0 Å². The van der Waals surface area contributed by atoms with Crippen molar-refractivity contribution in [1.29, 1.82) is 0 Å². The van der Waals surface area contributed by atoms with E-state index in [9.17, 15) is 0 Å². The third kappa shape index (κ3) is 23.3. The van der Waals surface area contributed by atoms with E-state index in [2.05, 4.69) is 241 Å². The van der Waals surface area contributed by atoms with Crippen LogP contribution in [0, 0.1) is 125 Å². The first-order chi connectivity index (χ1) is 33.9. The van der Waals surface area contributed by atoms with E-state index in [4.69, 9.17) is 0 Å².